The summed E-state index contributed by atoms with van der Waals surface area (Å²) >= 11 is 0. The Bertz CT molecular complexity index is 306. The predicted octanol–water partition coefficient (Wildman–Crippen LogP) is 1.69. The smallest absolute Gasteiger partial charge is 0.108 e. The zero-order valence-electron chi connectivity index (χ0n) is 9.74. The van der Waals surface area contributed by atoms with Gasteiger partial charge in [-0.05, 0) is 38.3 Å². The van der Waals surface area contributed by atoms with Crippen LogP contribution >= 0.6 is 0 Å². The second-order valence-corrected chi connectivity index (χ2v) is 4.56. The van der Waals surface area contributed by atoms with E-state index in [2.05, 4.69) is 34.9 Å². The standard InChI is InChI=1S/C12H21N3/c1-3-15-7-6-14-12(15)8-11-9-13-5-4-10(11)2/h6-7,10-11,13H,3-5,8-9H2,1-2H3. The summed E-state index contributed by atoms with van der Waals surface area (Å²) in [5, 5.41) is 3.48. The van der Waals surface area contributed by atoms with Gasteiger partial charge in [-0.1, -0.05) is 6.92 Å². The summed E-state index contributed by atoms with van der Waals surface area (Å²) in [5.41, 5.74) is 0. The topological polar surface area (TPSA) is 29.9 Å². The molecule has 2 heterocycles. The SMILES string of the molecule is CCn1ccnc1CC1CNCCC1C. The normalized spacial score (nSPS) is 26.8. The van der Waals surface area contributed by atoms with E-state index in [0.29, 0.717) is 0 Å². The molecule has 0 aliphatic carbocycles. The van der Waals surface area contributed by atoms with E-state index >= 15 is 0 Å². The van der Waals surface area contributed by atoms with E-state index in [1.54, 1.807) is 0 Å². The van der Waals surface area contributed by atoms with Crippen molar-refractivity contribution in [1.29, 1.82) is 0 Å². The van der Waals surface area contributed by atoms with E-state index < -0.39 is 0 Å². The van der Waals surface area contributed by atoms with Crippen LogP contribution in [0.2, 0.25) is 0 Å². The Balaban J connectivity index is 2.01. The summed E-state index contributed by atoms with van der Waals surface area (Å²) in [6.07, 6.45) is 6.42. The fourth-order valence-electron chi connectivity index (χ4n) is 2.38. The van der Waals surface area contributed by atoms with Crippen molar-refractivity contribution in [3.63, 3.8) is 0 Å². The van der Waals surface area contributed by atoms with E-state index in [9.17, 15) is 0 Å². The Labute approximate surface area is 91.9 Å². The van der Waals surface area contributed by atoms with Gasteiger partial charge in [-0.3, -0.25) is 0 Å². The molecule has 0 bridgehead atoms. The first kappa shape index (κ1) is 10.7. The van der Waals surface area contributed by atoms with Gasteiger partial charge >= 0.3 is 0 Å². The van der Waals surface area contributed by atoms with E-state index in [-0.39, 0.29) is 0 Å². The molecule has 2 unspecified atom stereocenters. The van der Waals surface area contributed by atoms with Crippen LogP contribution in [0.5, 0.6) is 0 Å². The summed E-state index contributed by atoms with van der Waals surface area (Å²) in [4.78, 5) is 4.45. The van der Waals surface area contributed by atoms with Gasteiger partial charge in [0.05, 0.1) is 0 Å². The maximum absolute atomic E-state index is 4.45. The quantitative estimate of drug-likeness (QED) is 0.817. The van der Waals surface area contributed by atoms with Crippen LogP contribution in [0.3, 0.4) is 0 Å². The fraction of sp³-hybridized carbons (Fsp3) is 0.750. The molecule has 1 saturated heterocycles. The van der Waals surface area contributed by atoms with Crippen LogP contribution in [0.25, 0.3) is 0 Å². The second-order valence-electron chi connectivity index (χ2n) is 4.56. The van der Waals surface area contributed by atoms with Gasteiger partial charge < -0.3 is 9.88 Å². The molecular formula is C12H21N3. The van der Waals surface area contributed by atoms with Gasteiger partial charge in [0.2, 0.25) is 0 Å². The molecule has 0 radical (unpaired) electrons. The maximum Gasteiger partial charge on any atom is 0.108 e. The Hall–Kier alpha value is -0.830. The third kappa shape index (κ3) is 2.40. The molecule has 3 heteroatoms. The van der Waals surface area contributed by atoms with Gasteiger partial charge in [-0.15, -0.1) is 0 Å². The number of hydrogen-bond donors (Lipinski definition) is 1. The molecule has 0 spiro atoms. The van der Waals surface area contributed by atoms with E-state index in [0.717, 1.165) is 31.3 Å². The van der Waals surface area contributed by atoms with Crippen molar-refractivity contribution in [1.82, 2.24) is 14.9 Å². The number of rotatable bonds is 3. The van der Waals surface area contributed by atoms with Gasteiger partial charge in [-0.25, -0.2) is 4.98 Å². The van der Waals surface area contributed by atoms with E-state index in [1.165, 1.54) is 18.8 Å². The molecule has 84 valence electrons. The van der Waals surface area contributed by atoms with Crippen LogP contribution in [0.15, 0.2) is 12.4 Å². The van der Waals surface area contributed by atoms with Gasteiger partial charge in [0.25, 0.3) is 0 Å². The second kappa shape index (κ2) is 4.79. The zero-order chi connectivity index (χ0) is 10.7. The molecule has 2 atom stereocenters. The lowest BCUT2D eigenvalue weighted by atomic mass is 9.85. The summed E-state index contributed by atoms with van der Waals surface area (Å²) in [5.74, 6) is 2.83. The highest BCUT2D eigenvalue weighted by atomic mass is 15.1. The summed E-state index contributed by atoms with van der Waals surface area (Å²) in [7, 11) is 0. The highest BCUT2D eigenvalue weighted by Gasteiger charge is 2.22. The average molecular weight is 207 g/mol. The number of aromatic nitrogens is 2. The molecule has 0 amide bonds. The number of hydrogen-bond acceptors (Lipinski definition) is 2. The highest BCUT2D eigenvalue weighted by molar-refractivity contribution is 4.95. The largest absolute Gasteiger partial charge is 0.335 e. The lowest BCUT2D eigenvalue weighted by molar-refractivity contribution is 0.267. The van der Waals surface area contributed by atoms with E-state index in [4.69, 9.17) is 0 Å². The van der Waals surface area contributed by atoms with Crippen LogP contribution in [0.4, 0.5) is 0 Å². The van der Waals surface area contributed by atoms with Crippen molar-refractivity contribution >= 4 is 0 Å². The first-order valence-corrected chi connectivity index (χ1v) is 6.02. The van der Waals surface area contributed by atoms with Crippen LogP contribution in [0, 0.1) is 11.8 Å². The van der Waals surface area contributed by atoms with Crippen molar-refractivity contribution < 1.29 is 0 Å². The van der Waals surface area contributed by atoms with Gasteiger partial charge in [0.1, 0.15) is 5.82 Å². The minimum atomic E-state index is 0.756. The minimum Gasteiger partial charge on any atom is -0.335 e. The van der Waals surface area contributed by atoms with Crippen molar-refractivity contribution in [2.24, 2.45) is 11.8 Å². The fourth-order valence-corrected chi connectivity index (χ4v) is 2.38. The molecular weight excluding hydrogens is 186 g/mol. The minimum absolute atomic E-state index is 0.756. The average Bonchev–Trinajstić information content (AvgIpc) is 2.69. The lowest BCUT2D eigenvalue weighted by Crippen LogP contribution is -2.36. The Morgan fingerprint density at radius 1 is 1.60 bits per heavy atom. The zero-order valence-corrected chi connectivity index (χ0v) is 9.74. The number of piperidine rings is 1. The molecule has 1 aromatic heterocycles. The molecule has 1 aliphatic rings. The Morgan fingerprint density at radius 3 is 3.20 bits per heavy atom. The Kier molecular flexibility index (Phi) is 3.41. The van der Waals surface area contributed by atoms with Gasteiger partial charge in [-0.2, -0.15) is 0 Å². The third-order valence-electron chi connectivity index (χ3n) is 3.57. The number of nitrogens with one attached hydrogen (secondary N) is 1. The monoisotopic (exact) mass is 207 g/mol. The molecule has 1 aromatic rings. The van der Waals surface area contributed by atoms with Crippen LogP contribution in [-0.4, -0.2) is 22.6 Å². The third-order valence-corrected chi connectivity index (χ3v) is 3.57. The molecule has 1 N–H and O–H groups in total. The number of imidazole rings is 1. The summed E-state index contributed by atoms with van der Waals surface area (Å²) in [6.45, 7) is 7.90. The molecule has 1 fully saturated rings. The summed E-state index contributed by atoms with van der Waals surface area (Å²) in [6, 6.07) is 0. The molecule has 2 rings (SSSR count). The van der Waals surface area contributed by atoms with Crippen molar-refractivity contribution in [2.75, 3.05) is 13.1 Å². The van der Waals surface area contributed by atoms with Gasteiger partial charge in [0.15, 0.2) is 0 Å². The molecule has 3 nitrogen and oxygen atoms in total. The molecule has 0 aromatic carbocycles. The molecule has 15 heavy (non-hydrogen) atoms. The van der Waals surface area contributed by atoms with E-state index in [1.807, 2.05) is 6.20 Å². The lowest BCUT2D eigenvalue weighted by Gasteiger charge is -2.29. The number of aryl methyl sites for hydroxylation is 1. The Morgan fingerprint density at radius 2 is 2.47 bits per heavy atom. The van der Waals surface area contributed by atoms with Gasteiger partial charge in [0, 0.05) is 25.4 Å². The van der Waals surface area contributed by atoms with Crippen molar-refractivity contribution in [2.45, 2.75) is 33.2 Å². The van der Waals surface area contributed by atoms with Crippen LogP contribution in [-0.2, 0) is 13.0 Å². The number of nitrogens with zero attached hydrogens (tertiary/aromatic N) is 2. The summed E-state index contributed by atoms with van der Waals surface area (Å²) < 4.78 is 2.25. The molecule has 0 saturated carbocycles. The predicted molar refractivity (Wildman–Crippen MR) is 61.7 cm³/mol. The maximum atomic E-state index is 4.45. The van der Waals surface area contributed by atoms with Crippen molar-refractivity contribution in [3.05, 3.63) is 18.2 Å². The van der Waals surface area contributed by atoms with Crippen LogP contribution in [0.1, 0.15) is 26.1 Å². The highest BCUT2D eigenvalue weighted by Crippen LogP contribution is 2.21. The van der Waals surface area contributed by atoms with Crippen molar-refractivity contribution in [3.8, 4) is 0 Å². The first-order valence-electron chi connectivity index (χ1n) is 6.02. The first-order chi connectivity index (χ1) is 7.31. The molecule has 1 aliphatic heterocycles. The van der Waals surface area contributed by atoms with Crippen LogP contribution < -0.4 is 5.32 Å².